The van der Waals surface area contributed by atoms with Gasteiger partial charge in [0.1, 0.15) is 0 Å². The lowest BCUT2D eigenvalue weighted by molar-refractivity contribution is 1.72. The summed E-state index contributed by atoms with van der Waals surface area (Å²) in [5, 5.41) is 7.74. The van der Waals surface area contributed by atoms with Crippen LogP contribution in [0.5, 0.6) is 0 Å². The average molecular weight is 495 g/mol. The number of hydrogen-bond donors (Lipinski definition) is 0. The lowest BCUT2D eigenvalue weighted by atomic mass is 9.91. The summed E-state index contributed by atoms with van der Waals surface area (Å²) in [5.41, 5.74) is 2.55. The van der Waals surface area contributed by atoms with Crippen LogP contribution in [0.2, 0.25) is 0 Å². The molecule has 0 radical (unpaired) electrons. The zero-order chi connectivity index (χ0) is 23.9. The van der Waals surface area contributed by atoms with E-state index in [4.69, 9.17) is 0 Å². The summed E-state index contributed by atoms with van der Waals surface area (Å²) in [6.07, 6.45) is 9.14. The Morgan fingerprint density at radius 1 is 0.389 bits per heavy atom. The first kappa shape index (κ1) is 21.3. The summed E-state index contributed by atoms with van der Waals surface area (Å²) in [7, 11) is 0. The number of hydrogen-bond acceptors (Lipinski definition) is 2. The third-order valence-electron chi connectivity index (χ3n) is 6.73. The molecule has 2 aromatic heterocycles. The lowest BCUT2D eigenvalue weighted by Crippen LogP contribution is -1.88. The molecule has 0 fully saturated rings. The Morgan fingerprint density at radius 2 is 0.750 bits per heavy atom. The van der Waals surface area contributed by atoms with Gasteiger partial charge < -0.3 is 0 Å². The van der Waals surface area contributed by atoms with Crippen LogP contribution in [0.1, 0.15) is 20.9 Å². The maximum absolute atomic E-state index is 2.30. The fourth-order valence-electron chi connectivity index (χ4n) is 5.06. The molecule has 36 heavy (non-hydrogen) atoms. The van der Waals surface area contributed by atoms with Crippen molar-refractivity contribution in [3.8, 4) is 0 Å². The fourth-order valence-corrected chi connectivity index (χ4v) is 6.99. The molecule has 7 rings (SSSR count). The van der Waals surface area contributed by atoms with E-state index in [-0.39, 0.29) is 0 Å². The maximum Gasteiger partial charge on any atom is 0.0349 e. The van der Waals surface area contributed by atoms with Crippen molar-refractivity contribution < 1.29 is 0 Å². The Morgan fingerprint density at radius 3 is 1.14 bits per heavy atom. The van der Waals surface area contributed by atoms with Gasteiger partial charge >= 0.3 is 0 Å². The number of rotatable bonds is 4. The fraction of sp³-hybridized carbons (Fsp3) is 0. The van der Waals surface area contributed by atoms with Gasteiger partial charge in [0, 0.05) is 19.2 Å². The minimum absolute atomic E-state index is 1.28. The molecule has 0 N–H and O–H groups in total. The van der Waals surface area contributed by atoms with Gasteiger partial charge in [-0.3, -0.25) is 0 Å². The van der Waals surface area contributed by atoms with Gasteiger partial charge in [-0.1, -0.05) is 97.1 Å². The molecule has 7 aromatic rings. The van der Waals surface area contributed by atoms with E-state index in [0.717, 1.165) is 0 Å². The van der Waals surface area contributed by atoms with Crippen molar-refractivity contribution in [2.75, 3.05) is 0 Å². The van der Waals surface area contributed by atoms with Crippen molar-refractivity contribution >= 4 is 88.7 Å². The second kappa shape index (κ2) is 8.91. The average Bonchev–Trinajstić information content (AvgIpc) is 3.54. The first-order valence-electron chi connectivity index (χ1n) is 12.1. The summed E-state index contributed by atoms with van der Waals surface area (Å²) in [6, 6.07) is 39.4. The van der Waals surface area contributed by atoms with Crippen molar-refractivity contribution in [2.45, 2.75) is 0 Å². The molecule has 0 saturated carbocycles. The van der Waals surface area contributed by atoms with Gasteiger partial charge in [0.15, 0.2) is 0 Å². The van der Waals surface area contributed by atoms with E-state index in [1.165, 1.54) is 62.6 Å². The monoisotopic (exact) mass is 494 g/mol. The minimum atomic E-state index is 1.28. The highest BCUT2D eigenvalue weighted by atomic mass is 32.1. The Labute approximate surface area is 218 Å². The first-order chi connectivity index (χ1) is 17.8. The SMILES string of the molecule is C(=C\c1c2ccccc2c(/C=C/c2cc3ccccc3s2)c2ccccc12)/c1cc2ccccc2s1. The largest absolute Gasteiger partial charge is 0.136 e. The van der Waals surface area contributed by atoms with Crippen LogP contribution in [0.15, 0.2) is 109 Å². The summed E-state index contributed by atoms with van der Waals surface area (Å²) in [6.45, 7) is 0. The smallest absolute Gasteiger partial charge is 0.0349 e. The summed E-state index contributed by atoms with van der Waals surface area (Å²) < 4.78 is 2.65. The second-order valence-electron chi connectivity index (χ2n) is 8.96. The van der Waals surface area contributed by atoms with Crippen molar-refractivity contribution in [3.05, 3.63) is 130 Å². The molecule has 0 aliphatic carbocycles. The van der Waals surface area contributed by atoms with Crippen LogP contribution in [0.4, 0.5) is 0 Å². The molecule has 2 heterocycles. The molecule has 170 valence electrons. The molecule has 0 saturated heterocycles. The second-order valence-corrected chi connectivity index (χ2v) is 11.2. The highest BCUT2D eigenvalue weighted by molar-refractivity contribution is 7.20. The van der Waals surface area contributed by atoms with Crippen LogP contribution >= 0.6 is 22.7 Å². The molecular weight excluding hydrogens is 473 g/mol. The number of fused-ring (bicyclic) bond motifs is 4. The first-order valence-corrected chi connectivity index (χ1v) is 13.7. The zero-order valence-electron chi connectivity index (χ0n) is 19.5. The zero-order valence-corrected chi connectivity index (χ0v) is 21.2. The molecule has 2 heteroatoms. The Bertz CT molecular complexity index is 1680. The van der Waals surface area contributed by atoms with Gasteiger partial charge in [-0.05, 0) is 79.9 Å². The molecule has 5 aromatic carbocycles. The molecule has 0 spiro atoms. The molecule has 0 atom stereocenters. The van der Waals surface area contributed by atoms with Gasteiger partial charge in [0.05, 0.1) is 0 Å². The highest BCUT2D eigenvalue weighted by Gasteiger charge is 2.11. The van der Waals surface area contributed by atoms with E-state index < -0.39 is 0 Å². The normalized spacial score (nSPS) is 12.2. The van der Waals surface area contributed by atoms with E-state index in [0.29, 0.717) is 0 Å². The third kappa shape index (κ3) is 3.76. The predicted octanol–water partition coefficient (Wildman–Crippen LogP) is 10.8. The lowest BCUT2D eigenvalue weighted by Gasteiger charge is -2.13. The standard InChI is InChI=1S/C34H22S2/c1-7-15-33-23(9-1)21-25(35-33)17-19-31-27-11-3-5-13-29(27)32(30-14-6-4-12-28(30)31)20-18-26-22-24-10-2-8-16-34(24)36-26/h1-22H/b19-17+,20-18+. The topological polar surface area (TPSA) is 0 Å². The molecule has 0 aliphatic heterocycles. The summed E-state index contributed by atoms with van der Waals surface area (Å²) in [5.74, 6) is 0. The van der Waals surface area contributed by atoms with Crippen LogP contribution in [0.3, 0.4) is 0 Å². The number of benzene rings is 5. The van der Waals surface area contributed by atoms with Crippen LogP contribution in [-0.2, 0) is 0 Å². The Kier molecular flexibility index (Phi) is 5.27. The Hall–Kier alpha value is -3.98. The van der Waals surface area contributed by atoms with Gasteiger partial charge in [-0.15, -0.1) is 22.7 Å². The van der Waals surface area contributed by atoms with Crippen LogP contribution in [0, 0.1) is 0 Å². The van der Waals surface area contributed by atoms with Crippen molar-refractivity contribution in [1.29, 1.82) is 0 Å². The van der Waals surface area contributed by atoms with Gasteiger partial charge in [-0.25, -0.2) is 0 Å². The van der Waals surface area contributed by atoms with Crippen molar-refractivity contribution in [1.82, 2.24) is 0 Å². The van der Waals surface area contributed by atoms with E-state index in [1.54, 1.807) is 0 Å². The van der Waals surface area contributed by atoms with E-state index in [9.17, 15) is 0 Å². The molecule has 0 unspecified atom stereocenters. The van der Waals surface area contributed by atoms with E-state index in [1.807, 2.05) is 22.7 Å². The third-order valence-corrected chi connectivity index (χ3v) is 8.90. The Balaban J connectivity index is 1.39. The molecule has 0 bridgehead atoms. The maximum atomic E-state index is 2.30. The van der Waals surface area contributed by atoms with Gasteiger partial charge in [-0.2, -0.15) is 0 Å². The van der Waals surface area contributed by atoms with Crippen LogP contribution in [-0.4, -0.2) is 0 Å². The van der Waals surface area contributed by atoms with Crippen molar-refractivity contribution in [3.63, 3.8) is 0 Å². The molecule has 0 amide bonds. The molecule has 0 nitrogen and oxygen atoms in total. The number of thiophene rings is 2. The minimum Gasteiger partial charge on any atom is -0.136 e. The van der Waals surface area contributed by atoms with Crippen LogP contribution < -0.4 is 0 Å². The quantitative estimate of drug-likeness (QED) is 0.213. The summed E-state index contributed by atoms with van der Waals surface area (Å²) in [4.78, 5) is 2.55. The molecule has 0 aliphatic rings. The van der Waals surface area contributed by atoms with Gasteiger partial charge in [0.25, 0.3) is 0 Å². The van der Waals surface area contributed by atoms with Crippen LogP contribution in [0.25, 0.3) is 66.0 Å². The predicted molar refractivity (Wildman–Crippen MR) is 163 cm³/mol. The highest BCUT2D eigenvalue weighted by Crippen LogP contribution is 2.36. The van der Waals surface area contributed by atoms with Crippen molar-refractivity contribution in [2.24, 2.45) is 0 Å². The van der Waals surface area contributed by atoms with E-state index >= 15 is 0 Å². The van der Waals surface area contributed by atoms with E-state index in [2.05, 4.69) is 133 Å². The summed E-state index contributed by atoms with van der Waals surface area (Å²) >= 11 is 3.68. The molecular formula is C34H22S2. The van der Waals surface area contributed by atoms with Gasteiger partial charge in [0.2, 0.25) is 0 Å².